The van der Waals surface area contributed by atoms with Crippen LogP contribution in [0.1, 0.15) is 342 Å². The molecule has 6 N–H and O–H groups in total. The highest BCUT2D eigenvalue weighted by Crippen LogP contribution is 2.26. The second-order valence-electron chi connectivity index (χ2n) is 25.7. The minimum Gasteiger partial charge on any atom is -0.454 e. The molecular weight excluding hydrogens is 1100 g/mol. The number of aliphatic hydroxyl groups is 5. The van der Waals surface area contributed by atoms with Crippen LogP contribution in [-0.4, -0.2) is 99.6 Å². The van der Waals surface area contributed by atoms with E-state index in [9.17, 15) is 35.1 Å². The summed E-state index contributed by atoms with van der Waals surface area (Å²) in [5.74, 6) is -1.20. The van der Waals surface area contributed by atoms with Crippen LogP contribution in [0.2, 0.25) is 0 Å². The molecule has 1 saturated heterocycles. The Hall–Kier alpha value is -2.90. The molecule has 1 aliphatic heterocycles. The van der Waals surface area contributed by atoms with E-state index in [2.05, 4.69) is 86.8 Å². The van der Waals surface area contributed by atoms with E-state index in [0.29, 0.717) is 12.8 Å². The second-order valence-corrected chi connectivity index (χ2v) is 25.7. The maximum Gasteiger partial charge on any atom is 0.306 e. The molecule has 0 spiro atoms. The van der Waals surface area contributed by atoms with Crippen LogP contribution in [0.5, 0.6) is 0 Å². The summed E-state index contributed by atoms with van der Waals surface area (Å²) in [6.07, 6.45) is 73.8. The lowest BCUT2D eigenvalue weighted by Crippen LogP contribution is -2.61. The normalized spacial score (nSPS) is 18.6. The third-order valence-corrected chi connectivity index (χ3v) is 17.4. The van der Waals surface area contributed by atoms with E-state index in [1.807, 2.05) is 6.08 Å². The molecule has 1 fully saturated rings. The summed E-state index contributed by atoms with van der Waals surface area (Å²) in [5.41, 5.74) is 0. The van der Waals surface area contributed by atoms with Crippen molar-refractivity contribution in [2.24, 2.45) is 0 Å². The molecule has 512 valence electrons. The van der Waals surface area contributed by atoms with Gasteiger partial charge < -0.3 is 45.1 Å². The number of allylic oxidation sites excluding steroid dienone is 11. The van der Waals surface area contributed by atoms with Crippen LogP contribution in [0.25, 0.3) is 0 Å². The van der Waals surface area contributed by atoms with Crippen molar-refractivity contribution in [1.82, 2.24) is 5.32 Å². The van der Waals surface area contributed by atoms with Crippen molar-refractivity contribution in [1.29, 1.82) is 0 Å². The molecule has 0 aromatic carbocycles. The highest BCUT2D eigenvalue weighted by Gasteiger charge is 2.47. The molecule has 0 aromatic heterocycles. The van der Waals surface area contributed by atoms with Gasteiger partial charge in [0.05, 0.1) is 25.4 Å². The lowest BCUT2D eigenvalue weighted by molar-refractivity contribution is -0.305. The van der Waals surface area contributed by atoms with E-state index >= 15 is 0 Å². The number of ether oxygens (including phenoxy) is 3. The van der Waals surface area contributed by atoms with E-state index < -0.39 is 67.4 Å². The fourth-order valence-electron chi connectivity index (χ4n) is 11.6. The molecule has 1 heterocycles. The average molecular weight is 1240 g/mol. The Labute approximate surface area is 541 Å². The van der Waals surface area contributed by atoms with Crippen molar-refractivity contribution in [3.63, 3.8) is 0 Å². The maximum atomic E-state index is 13.5. The van der Waals surface area contributed by atoms with Gasteiger partial charge in [0.15, 0.2) is 12.4 Å². The first-order valence-corrected chi connectivity index (χ1v) is 37.2. The summed E-state index contributed by atoms with van der Waals surface area (Å²) >= 11 is 0. The summed E-state index contributed by atoms with van der Waals surface area (Å²) in [7, 11) is 0. The lowest BCUT2D eigenvalue weighted by atomic mass is 9.99. The van der Waals surface area contributed by atoms with Gasteiger partial charge in [-0.1, -0.05) is 338 Å². The fourth-order valence-corrected chi connectivity index (χ4v) is 11.6. The van der Waals surface area contributed by atoms with Gasteiger partial charge in [-0.25, -0.2) is 0 Å². The Morgan fingerprint density at radius 1 is 0.455 bits per heavy atom. The third-order valence-electron chi connectivity index (χ3n) is 17.4. The zero-order valence-electron chi connectivity index (χ0n) is 57.1. The molecule has 0 radical (unpaired) electrons. The minimum atomic E-state index is -1.62. The fraction of sp³-hybridized carbons (Fsp3) is 0.818. The Morgan fingerprint density at radius 3 is 1.23 bits per heavy atom. The molecule has 1 rings (SSSR count). The van der Waals surface area contributed by atoms with Crippen molar-refractivity contribution in [2.75, 3.05) is 13.2 Å². The van der Waals surface area contributed by atoms with Gasteiger partial charge >= 0.3 is 5.97 Å². The number of hydrogen-bond donors (Lipinski definition) is 6. The zero-order chi connectivity index (χ0) is 63.9. The van der Waals surface area contributed by atoms with Gasteiger partial charge in [0.2, 0.25) is 5.91 Å². The molecule has 0 bridgehead atoms. The van der Waals surface area contributed by atoms with Crippen molar-refractivity contribution in [3.8, 4) is 0 Å². The first kappa shape index (κ1) is 83.1. The number of amides is 1. The quantitative estimate of drug-likeness (QED) is 0.0195. The summed E-state index contributed by atoms with van der Waals surface area (Å²) in [5, 5.41) is 57.3. The van der Waals surface area contributed by atoms with E-state index in [1.165, 1.54) is 186 Å². The van der Waals surface area contributed by atoms with Gasteiger partial charge in [0.1, 0.15) is 24.4 Å². The first-order valence-electron chi connectivity index (χ1n) is 37.2. The van der Waals surface area contributed by atoms with Gasteiger partial charge in [-0.3, -0.25) is 9.59 Å². The van der Waals surface area contributed by atoms with Gasteiger partial charge in [-0.05, 0) is 70.6 Å². The van der Waals surface area contributed by atoms with Gasteiger partial charge in [0, 0.05) is 6.42 Å². The smallest absolute Gasteiger partial charge is 0.306 e. The molecule has 11 nitrogen and oxygen atoms in total. The summed E-state index contributed by atoms with van der Waals surface area (Å²) < 4.78 is 17.7. The van der Waals surface area contributed by atoms with Crippen LogP contribution < -0.4 is 5.32 Å². The molecule has 0 aliphatic carbocycles. The molecular formula is C77H139NO10. The summed E-state index contributed by atoms with van der Waals surface area (Å²) in [4.78, 5) is 26.7. The van der Waals surface area contributed by atoms with E-state index in [1.54, 1.807) is 6.08 Å². The lowest BCUT2D eigenvalue weighted by Gasteiger charge is -2.41. The molecule has 11 heteroatoms. The second kappa shape index (κ2) is 64.2. The number of nitrogens with one attached hydrogen (secondary N) is 1. The molecule has 0 saturated carbocycles. The van der Waals surface area contributed by atoms with Gasteiger partial charge in [0.25, 0.3) is 0 Å². The first-order chi connectivity index (χ1) is 43.2. The van der Waals surface area contributed by atoms with E-state index in [4.69, 9.17) is 14.2 Å². The Balaban J connectivity index is 2.55. The van der Waals surface area contributed by atoms with E-state index in [0.717, 1.165) is 109 Å². The van der Waals surface area contributed by atoms with E-state index in [-0.39, 0.29) is 19.4 Å². The van der Waals surface area contributed by atoms with Crippen LogP contribution >= 0.6 is 0 Å². The highest BCUT2D eigenvalue weighted by molar-refractivity contribution is 5.80. The topological polar surface area (TPSA) is 175 Å². The van der Waals surface area contributed by atoms with Crippen LogP contribution in [0.3, 0.4) is 0 Å². The van der Waals surface area contributed by atoms with Crippen LogP contribution in [0.4, 0.5) is 0 Å². The SMILES string of the molecule is CC/C=C\C/C=C\C/C=C\C/C=C\C/C=C\CCCCCCCCC(O)C(=O)NC(COC1OC(CO)C(O)C(O)C1OC(=O)CCCCCCCCCCCCCCCCCCCCCCCCCCC)C(O)/C=C/CCCCCCCCCCCC. The van der Waals surface area contributed by atoms with Crippen LogP contribution in [-0.2, 0) is 23.8 Å². The van der Waals surface area contributed by atoms with Crippen molar-refractivity contribution in [3.05, 3.63) is 72.9 Å². The Morgan fingerprint density at radius 2 is 0.818 bits per heavy atom. The summed E-state index contributed by atoms with van der Waals surface area (Å²) in [6.45, 7) is 5.72. The molecule has 1 amide bonds. The summed E-state index contributed by atoms with van der Waals surface area (Å²) in [6, 6.07) is -1.03. The molecule has 8 unspecified atom stereocenters. The number of carbonyl (C=O) groups is 2. The van der Waals surface area contributed by atoms with Crippen molar-refractivity contribution in [2.45, 2.75) is 391 Å². The molecule has 1 aliphatic rings. The predicted molar refractivity (Wildman–Crippen MR) is 370 cm³/mol. The highest BCUT2D eigenvalue weighted by atomic mass is 16.7. The number of aliphatic hydroxyl groups excluding tert-OH is 5. The number of unbranched alkanes of at least 4 members (excludes halogenated alkanes) is 40. The van der Waals surface area contributed by atoms with Crippen LogP contribution in [0.15, 0.2) is 72.9 Å². The molecule has 88 heavy (non-hydrogen) atoms. The predicted octanol–water partition coefficient (Wildman–Crippen LogP) is 19.5. The Kier molecular flexibility index (Phi) is 60.6. The monoisotopic (exact) mass is 1240 g/mol. The maximum absolute atomic E-state index is 13.5. The van der Waals surface area contributed by atoms with Gasteiger partial charge in [-0.15, -0.1) is 0 Å². The minimum absolute atomic E-state index is 0.125. The average Bonchev–Trinajstić information content (AvgIpc) is 2.54. The number of hydrogen-bond acceptors (Lipinski definition) is 10. The third kappa shape index (κ3) is 50.7. The van der Waals surface area contributed by atoms with Gasteiger partial charge in [-0.2, -0.15) is 0 Å². The number of rotatable bonds is 64. The number of esters is 1. The van der Waals surface area contributed by atoms with Crippen LogP contribution in [0, 0.1) is 0 Å². The molecule has 8 atom stereocenters. The number of carbonyl (C=O) groups excluding carboxylic acids is 2. The molecule has 0 aromatic rings. The standard InChI is InChI=1S/C77H139NO10/c1-4-7-10-13-16-19-22-25-27-29-31-33-35-36-37-39-41-43-45-47-50-53-56-59-62-65-72(82)88-75-74(84)73(83)71(66-79)87-77(75)86-67-68(69(80)63-60-57-54-51-48-24-21-18-15-12-9-6-3)78-76(85)70(81)64-61-58-55-52-49-46-44-42-40-38-34-32-30-28-26-23-20-17-14-11-8-5-2/h8,11,17,20,26,28,32,34,40,42,60,63,68-71,73-75,77,79-81,83-84H,4-7,9-10,12-16,18-19,21-25,27,29-31,33,35-39,41,43-59,61-62,64-67H2,1-3H3,(H,78,85)/b11-8-,20-17-,28-26-,34-32-,42-40-,63-60+. The Bertz CT molecular complexity index is 1710. The largest absolute Gasteiger partial charge is 0.454 e. The van der Waals surface area contributed by atoms with Crippen molar-refractivity contribution < 1.29 is 49.3 Å². The zero-order valence-corrected chi connectivity index (χ0v) is 57.1. The van der Waals surface area contributed by atoms with Crippen molar-refractivity contribution >= 4 is 11.9 Å².